The Bertz CT molecular complexity index is 718. The molecule has 0 saturated carbocycles. The van der Waals surface area contributed by atoms with E-state index >= 15 is 0 Å². The predicted molar refractivity (Wildman–Crippen MR) is 75.0 cm³/mol. The first-order valence-electron chi connectivity index (χ1n) is 6.36. The fourth-order valence-corrected chi connectivity index (χ4v) is 2.70. The van der Waals surface area contributed by atoms with E-state index in [0.717, 1.165) is 16.3 Å². The first-order chi connectivity index (χ1) is 9.65. The van der Waals surface area contributed by atoms with Crippen LogP contribution in [0.3, 0.4) is 0 Å². The summed E-state index contributed by atoms with van der Waals surface area (Å²) < 4.78 is 0. The molecule has 1 aliphatic rings. The maximum Gasteiger partial charge on any atom is 0.133 e. The molecule has 0 fully saturated rings. The van der Waals surface area contributed by atoms with Crippen molar-refractivity contribution >= 4 is 23.1 Å². The number of rotatable bonds is 2. The number of aliphatic hydroxyl groups is 3. The van der Waals surface area contributed by atoms with E-state index < -0.39 is 12.0 Å². The van der Waals surface area contributed by atoms with Gasteiger partial charge in [0, 0.05) is 0 Å². The van der Waals surface area contributed by atoms with Crippen molar-refractivity contribution in [1.82, 2.24) is 0 Å². The summed E-state index contributed by atoms with van der Waals surface area (Å²) in [6, 6.07) is 9.16. The molecule has 4 nitrogen and oxygen atoms in total. The standard InChI is InChI=1S/C16H14O4/c17-7-10-3-1-2-9-4-13-11(5-12(9)10)6-15(19)14(8-18)16(13)20/h1-6,8,14,16-17,19-20H,7H2. The van der Waals surface area contributed by atoms with Crippen LogP contribution in [0, 0.1) is 5.92 Å². The summed E-state index contributed by atoms with van der Waals surface area (Å²) >= 11 is 0. The Morgan fingerprint density at radius 1 is 1.25 bits per heavy atom. The minimum absolute atomic E-state index is 0.0780. The number of benzene rings is 2. The van der Waals surface area contributed by atoms with Gasteiger partial charge >= 0.3 is 0 Å². The molecular weight excluding hydrogens is 256 g/mol. The Kier molecular flexibility index (Phi) is 3.04. The van der Waals surface area contributed by atoms with Crippen LogP contribution in [0.25, 0.3) is 16.8 Å². The van der Waals surface area contributed by atoms with E-state index in [1.54, 1.807) is 6.07 Å². The number of hydrogen-bond donors (Lipinski definition) is 3. The summed E-state index contributed by atoms with van der Waals surface area (Å²) in [5.74, 6) is -1.05. The van der Waals surface area contributed by atoms with E-state index in [2.05, 4.69) is 0 Å². The SMILES string of the molecule is O=CC1C(O)=Cc2cc3c(CO)cccc3cc2C1O. The molecule has 0 aromatic heterocycles. The third-order valence-electron chi connectivity index (χ3n) is 3.79. The van der Waals surface area contributed by atoms with Crippen LogP contribution in [-0.4, -0.2) is 21.6 Å². The van der Waals surface area contributed by atoms with E-state index in [0.29, 0.717) is 17.4 Å². The lowest BCUT2D eigenvalue weighted by Crippen LogP contribution is -2.20. The zero-order valence-corrected chi connectivity index (χ0v) is 10.7. The molecule has 102 valence electrons. The summed E-state index contributed by atoms with van der Waals surface area (Å²) in [5, 5.41) is 31.1. The number of carbonyl (C=O) groups excluding carboxylic acids is 1. The van der Waals surface area contributed by atoms with Gasteiger partial charge in [-0.05, 0) is 45.7 Å². The Morgan fingerprint density at radius 3 is 2.75 bits per heavy atom. The summed E-state index contributed by atoms with van der Waals surface area (Å²) in [7, 11) is 0. The van der Waals surface area contributed by atoms with E-state index in [1.807, 2.05) is 24.3 Å². The maximum atomic E-state index is 11.0. The Hall–Kier alpha value is -2.17. The van der Waals surface area contributed by atoms with Gasteiger partial charge in [0.25, 0.3) is 0 Å². The number of carbonyl (C=O) groups is 1. The topological polar surface area (TPSA) is 77.8 Å². The second-order valence-corrected chi connectivity index (χ2v) is 4.95. The molecule has 0 amide bonds. The predicted octanol–water partition coefficient (Wildman–Crippen LogP) is 2.09. The van der Waals surface area contributed by atoms with Crippen molar-refractivity contribution in [2.45, 2.75) is 12.7 Å². The molecule has 0 saturated heterocycles. The van der Waals surface area contributed by atoms with Gasteiger partial charge < -0.3 is 20.1 Å². The molecule has 2 aromatic rings. The third-order valence-corrected chi connectivity index (χ3v) is 3.79. The van der Waals surface area contributed by atoms with E-state index in [-0.39, 0.29) is 12.4 Å². The fraction of sp³-hybridized carbons (Fsp3) is 0.188. The molecule has 1 aliphatic carbocycles. The zero-order chi connectivity index (χ0) is 14.3. The van der Waals surface area contributed by atoms with Gasteiger partial charge in [-0.25, -0.2) is 0 Å². The molecule has 0 bridgehead atoms. The molecule has 4 heteroatoms. The van der Waals surface area contributed by atoms with Crippen LogP contribution in [0.5, 0.6) is 0 Å². The lowest BCUT2D eigenvalue weighted by molar-refractivity contribution is -0.114. The van der Waals surface area contributed by atoms with E-state index in [4.69, 9.17) is 0 Å². The van der Waals surface area contributed by atoms with Gasteiger partial charge in [0.15, 0.2) is 0 Å². The van der Waals surface area contributed by atoms with Crippen LogP contribution in [0.1, 0.15) is 22.8 Å². The molecule has 2 atom stereocenters. The molecule has 0 aliphatic heterocycles. The molecule has 2 unspecified atom stereocenters. The second kappa shape index (κ2) is 4.74. The van der Waals surface area contributed by atoms with Gasteiger partial charge in [-0.15, -0.1) is 0 Å². The van der Waals surface area contributed by atoms with Gasteiger partial charge in [0.05, 0.1) is 12.7 Å². The van der Waals surface area contributed by atoms with Crippen molar-refractivity contribution in [3.63, 3.8) is 0 Å². The van der Waals surface area contributed by atoms with Crippen molar-refractivity contribution in [2.75, 3.05) is 0 Å². The van der Waals surface area contributed by atoms with Crippen LogP contribution in [0.15, 0.2) is 36.1 Å². The maximum absolute atomic E-state index is 11.0. The molecule has 0 spiro atoms. The average Bonchev–Trinajstić information content (AvgIpc) is 2.45. The molecule has 20 heavy (non-hydrogen) atoms. The van der Waals surface area contributed by atoms with Crippen LogP contribution in [-0.2, 0) is 11.4 Å². The first kappa shape index (κ1) is 12.8. The normalized spacial score (nSPS) is 21.4. The van der Waals surface area contributed by atoms with Gasteiger partial charge in [0.1, 0.15) is 18.0 Å². The lowest BCUT2D eigenvalue weighted by Gasteiger charge is -2.25. The number of aliphatic hydroxyl groups excluding tert-OH is 3. The summed E-state index contributed by atoms with van der Waals surface area (Å²) in [4.78, 5) is 11.0. The van der Waals surface area contributed by atoms with Gasteiger partial charge in [-0.1, -0.05) is 18.2 Å². The molecule has 0 radical (unpaired) electrons. The molecular formula is C16H14O4. The van der Waals surface area contributed by atoms with E-state index in [9.17, 15) is 20.1 Å². The highest BCUT2D eigenvalue weighted by Gasteiger charge is 2.30. The van der Waals surface area contributed by atoms with Crippen LogP contribution >= 0.6 is 0 Å². The average molecular weight is 270 g/mol. The largest absolute Gasteiger partial charge is 0.511 e. The molecule has 2 aromatic carbocycles. The first-order valence-corrected chi connectivity index (χ1v) is 6.36. The van der Waals surface area contributed by atoms with Gasteiger partial charge in [0.2, 0.25) is 0 Å². The lowest BCUT2D eigenvalue weighted by atomic mass is 9.84. The smallest absolute Gasteiger partial charge is 0.133 e. The minimum atomic E-state index is -1.05. The Labute approximate surface area is 115 Å². The van der Waals surface area contributed by atoms with E-state index in [1.165, 1.54) is 6.08 Å². The monoisotopic (exact) mass is 270 g/mol. The van der Waals surface area contributed by atoms with Crippen molar-refractivity contribution in [3.8, 4) is 0 Å². The number of aldehydes is 1. The highest BCUT2D eigenvalue weighted by molar-refractivity contribution is 5.90. The zero-order valence-electron chi connectivity index (χ0n) is 10.7. The summed E-state index contributed by atoms with van der Waals surface area (Å²) in [5.41, 5.74) is 2.06. The minimum Gasteiger partial charge on any atom is -0.511 e. The van der Waals surface area contributed by atoms with Crippen LogP contribution in [0.4, 0.5) is 0 Å². The van der Waals surface area contributed by atoms with Crippen molar-refractivity contribution in [1.29, 1.82) is 0 Å². The molecule has 3 N–H and O–H groups in total. The van der Waals surface area contributed by atoms with Gasteiger partial charge in [-0.3, -0.25) is 0 Å². The Balaban J connectivity index is 2.28. The number of hydrogen-bond acceptors (Lipinski definition) is 4. The molecule has 0 heterocycles. The number of fused-ring (bicyclic) bond motifs is 2. The quantitative estimate of drug-likeness (QED) is 0.730. The van der Waals surface area contributed by atoms with Crippen molar-refractivity contribution in [3.05, 3.63) is 52.8 Å². The van der Waals surface area contributed by atoms with Gasteiger partial charge in [-0.2, -0.15) is 0 Å². The van der Waals surface area contributed by atoms with Crippen LogP contribution < -0.4 is 0 Å². The summed E-state index contributed by atoms with van der Waals surface area (Å²) in [6.07, 6.45) is 0.998. The summed E-state index contributed by atoms with van der Waals surface area (Å²) in [6.45, 7) is -0.0780. The molecule has 3 rings (SSSR count). The Morgan fingerprint density at radius 2 is 2.05 bits per heavy atom. The van der Waals surface area contributed by atoms with Crippen LogP contribution in [0.2, 0.25) is 0 Å². The second-order valence-electron chi connectivity index (χ2n) is 4.95. The fourth-order valence-electron chi connectivity index (χ4n) is 2.70. The third kappa shape index (κ3) is 1.81. The highest BCUT2D eigenvalue weighted by atomic mass is 16.3. The van der Waals surface area contributed by atoms with Crippen molar-refractivity contribution < 1.29 is 20.1 Å². The van der Waals surface area contributed by atoms with Crippen molar-refractivity contribution in [2.24, 2.45) is 5.92 Å². The highest BCUT2D eigenvalue weighted by Crippen LogP contribution is 2.37.